The molecule has 8 nitrogen and oxygen atoms in total. The maximum atomic E-state index is 13.2. The van der Waals surface area contributed by atoms with Crippen molar-refractivity contribution in [2.24, 2.45) is 0 Å². The first-order chi connectivity index (χ1) is 14.4. The number of carbonyl (C=O) groups is 3. The number of benzene rings is 2. The van der Waals surface area contributed by atoms with Crippen LogP contribution in [-0.4, -0.2) is 43.0 Å². The summed E-state index contributed by atoms with van der Waals surface area (Å²) in [7, 11) is 1.46. The maximum Gasteiger partial charge on any atom is 0.325 e. The molecule has 0 aromatic heterocycles. The van der Waals surface area contributed by atoms with E-state index >= 15 is 0 Å². The van der Waals surface area contributed by atoms with E-state index in [2.05, 4.69) is 10.6 Å². The molecule has 0 bridgehead atoms. The van der Waals surface area contributed by atoms with Crippen molar-refractivity contribution in [3.05, 3.63) is 52.5 Å². The molecule has 0 saturated carbocycles. The lowest BCUT2D eigenvalue weighted by molar-refractivity contribution is -0.135. The third kappa shape index (κ3) is 3.23. The molecule has 0 radical (unpaired) electrons. The summed E-state index contributed by atoms with van der Waals surface area (Å²) in [4.78, 5) is 39.4. The lowest BCUT2D eigenvalue weighted by Crippen LogP contribution is -2.48. The number of fused-ring (bicyclic) bond motifs is 2. The molecule has 2 aliphatic rings. The number of para-hydroxylation sites is 1. The van der Waals surface area contributed by atoms with E-state index in [0.29, 0.717) is 27.8 Å². The van der Waals surface area contributed by atoms with Crippen molar-refractivity contribution in [3.63, 3.8) is 0 Å². The van der Waals surface area contributed by atoms with Crippen LogP contribution in [0.25, 0.3) is 0 Å². The monoisotopic (exact) mass is 429 g/mol. The molecule has 1 spiro atoms. The zero-order chi connectivity index (χ0) is 21.5. The Morgan fingerprint density at radius 2 is 2.10 bits per heavy atom. The number of halogens is 1. The summed E-state index contributed by atoms with van der Waals surface area (Å²) < 4.78 is 10.9. The molecule has 9 heteroatoms. The highest BCUT2D eigenvalue weighted by molar-refractivity contribution is 6.31. The van der Waals surface area contributed by atoms with E-state index in [1.165, 1.54) is 7.11 Å². The molecular formula is C21H20ClN3O5. The molecule has 2 heterocycles. The molecule has 2 aromatic rings. The van der Waals surface area contributed by atoms with Gasteiger partial charge in [0.05, 0.1) is 19.4 Å². The smallest absolute Gasteiger partial charge is 0.325 e. The van der Waals surface area contributed by atoms with E-state index in [-0.39, 0.29) is 13.0 Å². The van der Waals surface area contributed by atoms with Crippen LogP contribution in [0.15, 0.2) is 36.4 Å². The number of anilines is 1. The molecule has 1 fully saturated rings. The van der Waals surface area contributed by atoms with Crippen LogP contribution in [0.5, 0.6) is 11.5 Å². The molecule has 2 aromatic carbocycles. The van der Waals surface area contributed by atoms with Crippen molar-refractivity contribution < 1.29 is 23.9 Å². The van der Waals surface area contributed by atoms with Gasteiger partial charge in [-0.3, -0.25) is 14.5 Å². The molecule has 2 aliphatic heterocycles. The maximum absolute atomic E-state index is 13.2. The van der Waals surface area contributed by atoms with Gasteiger partial charge in [-0.05, 0) is 24.6 Å². The van der Waals surface area contributed by atoms with Gasteiger partial charge in [-0.1, -0.05) is 29.8 Å². The number of imide groups is 1. The Kier molecular flexibility index (Phi) is 5.03. The third-order valence-electron chi connectivity index (χ3n) is 5.31. The van der Waals surface area contributed by atoms with Gasteiger partial charge in [-0.2, -0.15) is 0 Å². The van der Waals surface area contributed by atoms with Crippen molar-refractivity contribution in [2.45, 2.75) is 18.9 Å². The number of aryl methyl sites for hydroxylation is 1. The van der Waals surface area contributed by atoms with Crippen molar-refractivity contribution in [2.75, 3.05) is 25.6 Å². The Labute approximate surface area is 178 Å². The number of amides is 4. The van der Waals surface area contributed by atoms with Gasteiger partial charge in [0.2, 0.25) is 5.91 Å². The molecule has 30 heavy (non-hydrogen) atoms. The van der Waals surface area contributed by atoms with Gasteiger partial charge in [-0.15, -0.1) is 0 Å². The topological polar surface area (TPSA) is 97.0 Å². The Hall–Kier alpha value is -3.26. The van der Waals surface area contributed by atoms with Gasteiger partial charge in [0.25, 0.3) is 5.91 Å². The first kappa shape index (κ1) is 20.0. The molecule has 156 valence electrons. The fourth-order valence-electron chi connectivity index (χ4n) is 3.78. The minimum absolute atomic E-state index is 0.282. The number of urea groups is 1. The minimum atomic E-state index is -1.22. The number of hydrogen-bond donors (Lipinski definition) is 2. The first-order valence-electron chi connectivity index (χ1n) is 9.36. The summed E-state index contributed by atoms with van der Waals surface area (Å²) in [6.45, 7) is 1.64. The third-order valence-corrected chi connectivity index (χ3v) is 5.72. The highest BCUT2D eigenvalue weighted by Gasteiger charge is 2.55. The molecule has 1 saturated heterocycles. The van der Waals surface area contributed by atoms with Crippen LogP contribution >= 0.6 is 11.6 Å². The van der Waals surface area contributed by atoms with Gasteiger partial charge in [0, 0.05) is 23.1 Å². The van der Waals surface area contributed by atoms with E-state index in [1.54, 1.807) is 43.3 Å². The predicted molar refractivity (Wildman–Crippen MR) is 110 cm³/mol. The number of carbonyl (C=O) groups excluding carboxylic acids is 3. The number of ether oxygens (including phenoxy) is 2. The van der Waals surface area contributed by atoms with Gasteiger partial charge in [-0.25, -0.2) is 4.79 Å². The van der Waals surface area contributed by atoms with Crippen molar-refractivity contribution in [1.82, 2.24) is 10.2 Å². The average molecular weight is 430 g/mol. The van der Waals surface area contributed by atoms with Crippen LogP contribution in [0.3, 0.4) is 0 Å². The van der Waals surface area contributed by atoms with Crippen molar-refractivity contribution >= 4 is 35.1 Å². The van der Waals surface area contributed by atoms with Crippen LogP contribution in [0.4, 0.5) is 10.5 Å². The normalized spacial score (nSPS) is 19.9. The van der Waals surface area contributed by atoms with E-state index < -0.39 is 29.9 Å². The van der Waals surface area contributed by atoms with Crippen LogP contribution < -0.4 is 20.1 Å². The van der Waals surface area contributed by atoms with Gasteiger partial charge in [0.1, 0.15) is 18.0 Å². The summed E-state index contributed by atoms with van der Waals surface area (Å²) in [5, 5.41) is 5.95. The van der Waals surface area contributed by atoms with Crippen LogP contribution in [-0.2, 0) is 15.1 Å². The minimum Gasteiger partial charge on any atom is -0.495 e. The molecule has 4 rings (SSSR count). The lowest BCUT2D eigenvalue weighted by atomic mass is 9.84. The molecular weight excluding hydrogens is 410 g/mol. The SMILES string of the molecule is COc1cc(Cl)c(C)cc1NC(=O)CN1C(=O)N[C@]2(CCOc3ccccc32)C1=O. The van der Waals surface area contributed by atoms with E-state index in [0.717, 1.165) is 10.5 Å². The molecule has 2 N–H and O–H groups in total. The van der Waals surface area contributed by atoms with Gasteiger partial charge < -0.3 is 20.1 Å². The Morgan fingerprint density at radius 1 is 1.33 bits per heavy atom. The summed E-state index contributed by atoms with van der Waals surface area (Å²) in [6.07, 6.45) is 0.289. The standard InChI is InChI=1S/C21H20ClN3O5/c1-12-9-15(17(29-2)10-14(12)22)23-18(26)11-25-19(27)21(24-20(25)28)7-8-30-16-6-4-3-5-13(16)21/h3-6,9-10H,7-8,11H2,1-2H3,(H,23,26)(H,24,28)/t21-/m0/s1. The van der Waals surface area contributed by atoms with E-state index in [9.17, 15) is 14.4 Å². The van der Waals surface area contributed by atoms with Crippen molar-refractivity contribution in [3.8, 4) is 11.5 Å². The molecule has 4 amide bonds. The number of nitrogens with one attached hydrogen (secondary N) is 2. The first-order valence-corrected chi connectivity index (χ1v) is 9.74. The van der Waals surface area contributed by atoms with Crippen LogP contribution in [0.2, 0.25) is 5.02 Å². The van der Waals surface area contributed by atoms with Crippen molar-refractivity contribution in [1.29, 1.82) is 0 Å². The highest BCUT2D eigenvalue weighted by Crippen LogP contribution is 2.41. The fourth-order valence-corrected chi connectivity index (χ4v) is 3.93. The van der Waals surface area contributed by atoms with Crippen LogP contribution in [0.1, 0.15) is 17.5 Å². The average Bonchev–Trinajstić information content (AvgIpc) is 2.95. The lowest BCUT2D eigenvalue weighted by Gasteiger charge is -2.33. The summed E-state index contributed by atoms with van der Waals surface area (Å²) in [5.74, 6) is -0.0791. The second kappa shape index (κ2) is 7.53. The highest BCUT2D eigenvalue weighted by atomic mass is 35.5. The second-order valence-corrected chi connectivity index (χ2v) is 7.58. The number of methoxy groups -OCH3 is 1. The number of hydrogen-bond acceptors (Lipinski definition) is 5. The van der Waals surface area contributed by atoms with E-state index in [1.807, 2.05) is 0 Å². The van der Waals surface area contributed by atoms with Crippen LogP contribution in [0, 0.1) is 6.92 Å². The number of rotatable bonds is 4. The van der Waals surface area contributed by atoms with E-state index in [4.69, 9.17) is 21.1 Å². The fraction of sp³-hybridized carbons (Fsp3) is 0.286. The quantitative estimate of drug-likeness (QED) is 0.728. The zero-order valence-electron chi connectivity index (χ0n) is 16.5. The zero-order valence-corrected chi connectivity index (χ0v) is 17.2. The van der Waals surface area contributed by atoms with Gasteiger partial charge in [0.15, 0.2) is 5.54 Å². The summed E-state index contributed by atoms with van der Waals surface area (Å²) in [6, 6.07) is 9.71. The second-order valence-electron chi connectivity index (χ2n) is 7.17. The number of nitrogens with zero attached hydrogens (tertiary/aromatic N) is 1. The Balaban J connectivity index is 1.55. The Bertz CT molecular complexity index is 1060. The summed E-state index contributed by atoms with van der Waals surface area (Å²) in [5.41, 5.74) is 0.524. The molecule has 0 aliphatic carbocycles. The Morgan fingerprint density at radius 3 is 2.87 bits per heavy atom. The predicted octanol–water partition coefficient (Wildman–Crippen LogP) is 2.83. The van der Waals surface area contributed by atoms with Gasteiger partial charge >= 0.3 is 6.03 Å². The summed E-state index contributed by atoms with van der Waals surface area (Å²) >= 11 is 6.09. The molecule has 1 atom stereocenters. The largest absolute Gasteiger partial charge is 0.495 e. The molecule has 0 unspecified atom stereocenters.